The Labute approximate surface area is 103 Å². The van der Waals surface area contributed by atoms with E-state index in [9.17, 15) is 4.79 Å². The zero-order valence-corrected chi connectivity index (χ0v) is 10.8. The van der Waals surface area contributed by atoms with Crippen LogP contribution in [0.25, 0.3) is 0 Å². The molecule has 1 aromatic rings. The highest BCUT2D eigenvalue weighted by atomic mass is 79.9. The van der Waals surface area contributed by atoms with Crippen LogP contribution in [0, 0.1) is 0 Å². The molecule has 0 fully saturated rings. The van der Waals surface area contributed by atoms with Gasteiger partial charge in [-0.1, -0.05) is 18.2 Å². The number of rotatable bonds is 4. The third kappa shape index (κ3) is 3.70. The number of esters is 1. The summed E-state index contributed by atoms with van der Waals surface area (Å²) in [5, 5.41) is 0. The van der Waals surface area contributed by atoms with Crippen LogP contribution in [0.2, 0.25) is 0 Å². The molecule has 86 valence electrons. The Balaban J connectivity index is 2.73. The average molecular weight is 285 g/mol. The predicted molar refractivity (Wildman–Crippen MR) is 65.3 cm³/mol. The van der Waals surface area contributed by atoms with E-state index in [-0.39, 0.29) is 0 Å². The number of carbonyl (C=O) groups excluding carboxylic acids is 1. The average Bonchev–Trinajstić information content (AvgIpc) is 2.29. The molecule has 0 bridgehead atoms. The van der Waals surface area contributed by atoms with Gasteiger partial charge in [0.25, 0.3) is 0 Å². The van der Waals surface area contributed by atoms with Crippen molar-refractivity contribution >= 4 is 21.9 Å². The van der Waals surface area contributed by atoms with Crippen LogP contribution in [0.3, 0.4) is 0 Å². The Hall–Kier alpha value is -1.29. The molecule has 0 spiro atoms. The van der Waals surface area contributed by atoms with E-state index in [2.05, 4.69) is 15.9 Å². The maximum Gasteiger partial charge on any atom is 0.348 e. The molecule has 1 aromatic carbocycles. The van der Waals surface area contributed by atoms with Crippen LogP contribution in [0.5, 0.6) is 5.75 Å². The molecule has 3 nitrogen and oxygen atoms in total. The van der Waals surface area contributed by atoms with E-state index in [1.807, 2.05) is 30.3 Å². The summed E-state index contributed by atoms with van der Waals surface area (Å²) in [5.41, 5.74) is 0. The number of allylic oxidation sites excluding steroid dienone is 1. The van der Waals surface area contributed by atoms with Gasteiger partial charge in [0.2, 0.25) is 0 Å². The van der Waals surface area contributed by atoms with Crippen molar-refractivity contribution in [2.45, 2.75) is 13.8 Å². The highest BCUT2D eigenvalue weighted by Gasteiger charge is 2.12. The summed E-state index contributed by atoms with van der Waals surface area (Å²) in [6.07, 6.45) is 0. The maximum atomic E-state index is 11.4. The molecule has 0 heterocycles. The van der Waals surface area contributed by atoms with Crippen molar-refractivity contribution in [2.75, 3.05) is 6.61 Å². The van der Waals surface area contributed by atoms with E-state index < -0.39 is 5.97 Å². The lowest BCUT2D eigenvalue weighted by Gasteiger charge is -2.08. The van der Waals surface area contributed by atoms with Gasteiger partial charge < -0.3 is 9.47 Å². The molecule has 0 radical (unpaired) electrons. The molecule has 0 atom stereocenters. The van der Waals surface area contributed by atoms with Crippen molar-refractivity contribution in [3.63, 3.8) is 0 Å². The van der Waals surface area contributed by atoms with Gasteiger partial charge in [0.15, 0.2) is 0 Å². The molecule has 0 saturated carbocycles. The van der Waals surface area contributed by atoms with Gasteiger partial charge in [0, 0.05) is 0 Å². The van der Waals surface area contributed by atoms with Gasteiger partial charge >= 0.3 is 5.97 Å². The van der Waals surface area contributed by atoms with Crippen LogP contribution < -0.4 is 4.74 Å². The number of halogens is 1. The van der Waals surface area contributed by atoms with Gasteiger partial charge in [0.05, 0.1) is 6.61 Å². The highest BCUT2D eigenvalue weighted by molar-refractivity contribution is 9.12. The van der Waals surface area contributed by atoms with Crippen molar-refractivity contribution in [3.05, 3.63) is 40.6 Å². The SMILES string of the molecule is CCOC(=O)C(Br)=C(C)Oc1ccccc1. The normalized spacial score (nSPS) is 11.7. The molecule has 0 saturated heterocycles. The van der Waals surface area contributed by atoms with E-state index in [0.717, 1.165) is 0 Å². The lowest BCUT2D eigenvalue weighted by Crippen LogP contribution is -2.07. The number of hydrogen-bond acceptors (Lipinski definition) is 3. The molecule has 0 unspecified atom stereocenters. The van der Waals surface area contributed by atoms with E-state index in [0.29, 0.717) is 22.6 Å². The molecular weight excluding hydrogens is 272 g/mol. The third-order valence-corrected chi connectivity index (χ3v) is 2.66. The number of para-hydroxylation sites is 1. The number of carbonyl (C=O) groups is 1. The van der Waals surface area contributed by atoms with E-state index >= 15 is 0 Å². The lowest BCUT2D eigenvalue weighted by atomic mass is 10.3. The summed E-state index contributed by atoms with van der Waals surface area (Å²) in [6, 6.07) is 9.25. The van der Waals surface area contributed by atoms with Crippen LogP contribution in [-0.4, -0.2) is 12.6 Å². The largest absolute Gasteiger partial charge is 0.462 e. The van der Waals surface area contributed by atoms with Gasteiger partial charge in [-0.15, -0.1) is 0 Å². The molecule has 0 aliphatic heterocycles. The minimum atomic E-state index is -0.420. The molecule has 4 heteroatoms. The zero-order valence-electron chi connectivity index (χ0n) is 9.20. The molecule has 16 heavy (non-hydrogen) atoms. The second-order valence-corrected chi connectivity index (χ2v) is 3.80. The Morgan fingerprint density at radius 1 is 1.31 bits per heavy atom. The molecule has 0 aliphatic rings. The predicted octanol–water partition coefficient (Wildman–Crippen LogP) is 3.25. The standard InChI is InChI=1S/C12H13BrO3/c1-3-15-12(14)11(13)9(2)16-10-7-5-4-6-8-10/h4-8H,3H2,1-2H3. The Morgan fingerprint density at radius 3 is 2.50 bits per heavy atom. The fourth-order valence-corrected chi connectivity index (χ4v) is 1.24. The van der Waals surface area contributed by atoms with Gasteiger partial charge in [-0.25, -0.2) is 4.79 Å². The molecule has 1 rings (SSSR count). The summed E-state index contributed by atoms with van der Waals surface area (Å²) < 4.78 is 10.6. The fraction of sp³-hybridized carbons (Fsp3) is 0.250. The first kappa shape index (κ1) is 12.8. The second-order valence-electron chi connectivity index (χ2n) is 3.01. The highest BCUT2D eigenvalue weighted by Crippen LogP contribution is 2.19. The molecule has 0 amide bonds. The number of benzene rings is 1. The van der Waals surface area contributed by atoms with Crippen LogP contribution in [-0.2, 0) is 9.53 Å². The Bertz CT molecular complexity index is 385. The van der Waals surface area contributed by atoms with E-state index in [4.69, 9.17) is 9.47 Å². The van der Waals surface area contributed by atoms with Crippen LogP contribution in [0.4, 0.5) is 0 Å². The van der Waals surface area contributed by atoms with Crippen molar-refractivity contribution in [3.8, 4) is 5.75 Å². The second kappa shape index (κ2) is 6.33. The van der Waals surface area contributed by atoms with E-state index in [1.54, 1.807) is 13.8 Å². The first-order valence-corrected chi connectivity index (χ1v) is 5.70. The minimum absolute atomic E-state index is 0.304. The molecule has 0 aliphatic carbocycles. The van der Waals surface area contributed by atoms with Crippen molar-refractivity contribution in [2.24, 2.45) is 0 Å². The zero-order chi connectivity index (χ0) is 12.0. The third-order valence-electron chi connectivity index (χ3n) is 1.78. The number of ether oxygens (including phenoxy) is 2. The Kier molecular flexibility index (Phi) is 5.05. The quantitative estimate of drug-likeness (QED) is 0.484. The van der Waals surface area contributed by atoms with Gasteiger partial charge in [0.1, 0.15) is 16.0 Å². The summed E-state index contributed by atoms with van der Waals surface area (Å²) in [7, 11) is 0. The Morgan fingerprint density at radius 2 is 1.94 bits per heavy atom. The van der Waals surface area contributed by atoms with Crippen LogP contribution >= 0.6 is 15.9 Å². The summed E-state index contributed by atoms with van der Waals surface area (Å²) >= 11 is 3.15. The molecule has 0 aromatic heterocycles. The maximum absolute atomic E-state index is 11.4. The minimum Gasteiger partial charge on any atom is -0.462 e. The molecule has 0 N–H and O–H groups in total. The summed E-state index contributed by atoms with van der Waals surface area (Å²) in [5.74, 6) is 0.738. The van der Waals surface area contributed by atoms with Crippen molar-refractivity contribution in [1.29, 1.82) is 0 Å². The summed E-state index contributed by atoms with van der Waals surface area (Å²) in [4.78, 5) is 11.4. The molecular formula is C12H13BrO3. The van der Waals surface area contributed by atoms with Crippen molar-refractivity contribution in [1.82, 2.24) is 0 Å². The van der Waals surface area contributed by atoms with E-state index in [1.165, 1.54) is 0 Å². The van der Waals surface area contributed by atoms with Crippen molar-refractivity contribution < 1.29 is 14.3 Å². The summed E-state index contributed by atoms with van der Waals surface area (Å²) in [6.45, 7) is 3.80. The van der Waals surface area contributed by atoms with Gasteiger partial charge in [-0.2, -0.15) is 0 Å². The van der Waals surface area contributed by atoms with Gasteiger partial charge in [-0.05, 0) is 41.9 Å². The van der Waals surface area contributed by atoms with Crippen LogP contribution in [0.15, 0.2) is 40.6 Å². The first-order chi connectivity index (χ1) is 7.65. The fourth-order valence-electron chi connectivity index (χ4n) is 1.05. The number of hydrogen-bond donors (Lipinski definition) is 0. The first-order valence-electron chi connectivity index (χ1n) is 4.91. The topological polar surface area (TPSA) is 35.5 Å². The smallest absolute Gasteiger partial charge is 0.348 e. The van der Waals surface area contributed by atoms with Crippen LogP contribution in [0.1, 0.15) is 13.8 Å². The monoisotopic (exact) mass is 284 g/mol. The lowest BCUT2D eigenvalue weighted by molar-refractivity contribution is -0.137. The van der Waals surface area contributed by atoms with Gasteiger partial charge in [-0.3, -0.25) is 0 Å².